The van der Waals surface area contributed by atoms with Crippen LogP contribution in [-0.4, -0.2) is 10.9 Å². The van der Waals surface area contributed by atoms with Gasteiger partial charge in [-0.25, -0.2) is 4.98 Å². The van der Waals surface area contributed by atoms with Crippen molar-refractivity contribution in [2.75, 3.05) is 0 Å². The molecule has 0 unspecified atom stereocenters. The first-order valence-corrected chi connectivity index (χ1v) is 7.62. The molecule has 0 aliphatic rings. The summed E-state index contributed by atoms with van der Waals surface area (Å²) < 4.78 is 5.72. The van der Waals surface area contributed by atoms with Crippen LogP contribution in [0, 0.1) is 0 Å². The molecular weight excluding hydrogens is 335 g/mol. The van der Waals surface area contributed by atoms with E-state index in [1.807, 2.05) is 24.3 Å². The molecule has 1 aromatic carbocycles. The number of carbonyl (C=O) groups excluding carboxylic acids is 1. The van der Waals surface area contributed by atoms with Gasteiger partial charge in [0.1, 0.15) is 16.7 Å². The number of furan rings is 1. The summed E-state index contributed by atoms with van der Waals surface area (Å²) in [6.07, 6.45) is 1.43. The lowest BCUT2D eigenvalue weighted by atomic mass is 10.2. The van der Waals surface area contributed by atoms with Crippen LogP contribution < -0.4 is 5.32 Å². The van der Waals surface area contributed by atoms with Gasteiger partial charge in [0.05, 0.1) is 12.1 Å². The minimum atomic E-state index is -0.237. The van der Waals surface area contributed by atoms with E-state index in [0.29, 0.717) is 21.5 Å². The Morgan fingerprint density at radius 1 is 1.04 bits per heavy atom. The third kappa shape index (κ3) is 3.92. The number of nitrogens with zero attached hydrogens (tertiary/aromatic N) is 1. The predicted molar refractivity (Wildman–Crippen MR) is 89.6 cm³/mol. The van der Waals surface area contributed by atoms with Crippen LogP contribution in [0.15, 0.2) is 59.1 Å². The van der Waals surface area contributed by atoms with Crippen molar-refractivity contribution in [2.45, 2.75) is 6.54 Å². The molecule has 23 heavy (non-hydrogen) atoms. The molecule has 1 amide bonds. The van der Waals surface area contributed by atoms with E-state index < -0.39 is 0 Å². The third-order valence-electron chi connectivity index (χ3n) is 3.20. The lowest BCUT2D eigenvalue weighted by Gasteiger charge is -2.03. The number of nitrogens with one attached hydrogen (secondary N) is 1. The van der Waals surface area contributed by atoms with E-state index in [0.717, 1.165) is 11.3 Å². The zero-order chi connectivity index (χ0) is 16.2. The van der Waals surface area contributed by atoms with Crippen molar-refractivity contribution in [3.05, 3.63) is 76.2 Å². The number of halogens is 2. The van der Waals surface area contributed by atoms with Crippen LogP contribution in [0.4, 0.5) is 0 Å². The van der Waals surface area contributed by atoms with Crippen molar-refractivity contribution in [1.82, 2.24) is 10.3 Å². The zero-order valence-corrected chi connectivity index (χ0v) is 13.4. The minimum Gasteiger partial charge on any atom is -0.459 e. The van der Waals surface area contributed by atoms with Crippen LogP contribution >= 0.6 is 23.2 Å². The molecule has 6 heteroatoms. The second-order valence-electron chi connectivity index (χ2n) is 4.83. The van der Waals surface area contributed by atoms with Crippen LogP contribution in [0.25, 0.3) is 11.3 Å². The van der Waals surface area contributed by atoms with Crippen LogP contribution in [-0.2, 0) is 6.54 Å². The summed E-state index contributed by atoms with van der Waals surface area (Å²) in [7, 11) is 0. The smallest absolute Gasteiger partial charge is 0.253 e. The molecule has 0 spiro atoms. The maximum Gasteiger partial charge on any atom is 0.253 e. The predicted octanol–water partition coefficient (Wildman–Crippen LogP) is 4.58. The number of benzene rings is 1. The lowest BCUT2D eigenvalue weighted by molar-refractivity contribution is 0.0948. The van der Waals surface area contributed by atoms with Gasteiger partial charge in [-0.3, -0.25) is 4.79 Å². The zero-order valence-electron chi connectivity index (χ0n) is 11.9. The molecule has 0 radical (unpaired) electrons. The number of hydrogen-bond acceptors (Lipinski definition) is 3. The van der Waals surface area contributed by atoms with E-state index in [2.05, 4.69) is 10.3 Å². The Morgan fingerprint density at radius 2 is 1.83 bits per heavy atom. The Kier molecular flexibility index (Phi) is 4.65. The first kappa shape index (κ1) is 15.6. The fourth-order valence-corrected chi connectivity index (χ4v) is 2.26. The van der Waals surface area contributed by atoms with Crippen molar-refractivity contribution in [1.29, 1.82) is 0 Å². The summed E-state index contributed by atoms with van der Waals surface area (Å²) in [4.78, 5) is 15.9. The van der Waals surface area contributed by atoms with Gasteiger partial charge < -0.3 is 9.73 Å². The van der Waals surface area contributed by atoms with Gasteiger partial charge >= 0.3 is 0 Å². The molecule has 0 aliphatic carbocycles. The van der Waals surface area contributed by atoms with E-state index in [1.165, 1.54) is 6.20 Å². The van der Waals surface area contributed by atoms with Crippen molar-refractivity contribution in [3.63, 3.8) is 0 Å². The van der Waals surface area contributed by atoms with Crippen LogP contribution in [0.2, 0.25) is 10.2 Å². The summed E-state index contributed by atoms with van der Waals surface area (Å²) in [5.74, 6) is 1.14. The number of pyridine rings is 1. The number of amides is 1. The Labute approximate surface area is 143 Å². The Morgan fingerprint density at radius 3 is 2.52 bits per heavy atom. The van der Waals surface area contributed by atoms with Gasteiger partial charge in [0.25, 0.3) is 5.91 Å². The molecule has 0 saturated heterocycles. The minimum absolute atomic E-state index is 0.237. The Bertz CT molecular complexity index is 811. The Balaban J connectivity index is 1.64. The van der Waals surface area contributed by atoms with Crippen molar-refractivity contribution >= 4 is 29.1 Å². The molecule has 116 valence electrons. The topological polar surface area (TPSA) is 55.1 Å². The fraction of sp³-hybridized carbons (Fsp3) is 0.0588. The number of carbonyl (C=O) groups is 1. The average Bonchev–Trinajstić information content (AvgIpc) is 3.03. The van der Waals surface area contributed by atoms with Crippen molar-refractivity contribution in [2.24, 2.45) is 0 Å². The van der Waals surface area contributed by atoms with E-state index in [1.54, 1.807) is 24.3 Å². The fourth-order valence-electron chi connectivity index (χ4n) is 2.02. The van der Waals surface area contributed by atoms with Gasteiger partial charge in [-0.05, 0) is 48.5 Å². The van der Waals surface area contributed by atoms with Crippen LogP contribution in [0.5, 0.6) is 0 Å². The van der Waals surface area contributed by atoms with Crippen LogP contribution in [0.3, 0.4) is 0 Å². The van der Waals surface area contributed by atoms with Gasteiger partial charge in [0, 0.05) is 16.8 Å². The summed E-state index contributed by atoms with van der Waals surface area (Å²) in [6, 6.07) is 14.2. The summed E-state index contributed by atoms with van der Waals surface area (Å²) in [5.41, 5.74) is 1.37. The maximum absolute atomic E-state index is 12.0. The highest BCUT2D eigenvalue weighted by Gasteiger charge is 2.09. The highest BCUT2D eigenvalue weighted by molar-refractivity contribution is 6.30. The van der Waals surface area contributed by atoms with Gasteiger partial charge in [-0.1, -0.05) is 23.2 Å². The molecule has 3 aromatic rings. The summed E-state index contributed by atoms with van der Waals surface area (Å²) in [5, 5.41) is 3.79. The normalized spacial score (nSPS) is 10.5. The largest absolute Gasteiger partial charge is 0.459 e. The maximum atomic E-state index is 12.0. The molecule has 4 nitrogen and oxygen atoms in total. The molecular formula is C17H12Cl2N2O2. The van der Waals surface area contributed by atoms with E-state index in [-0.39, 0.29) is 12.5 Å². The molecule has 0 fully saturated rings. The van der Waals surface area contributed by atoms with E-state index >= 15 is 0 Å². The number of hydrogen-bond donors (Lipinski definition) is 1. The van der Waals surface area contributed by atoms with Crippen molar-refractivity contribution in [3.8, 4) is 11.3 Å². The first-order chi connectivity index (χ1) is 11.1. The van der Waals surface area contributed by atoms with Crippen molar-refractivity contribution < 1.29 is 9.21 Å². The monoisotopic (exact) mass is 346 g/mol. The first-order valence-electron chi connectivity index (χ1n) is 6.86. The quantitative estimate of drug-likeness (QED) is 0.703. The second-order valence-corrected chi connectivity index (χ2v) is 5.65. The molecule has 0 saturated carbocycles. The SMILES string of the molecule is O=C(NCc1ccc(-c2ccc(Cl)cc2)o1)c1ccc(Cl)nc1. The summed E-state index contributed by atoms with van der Waals surface area (Å²) in [6.45, 7) is 0.287. The molecule has 0 atom stereocenters. The average molecular weight is 347 g/mol. The molecule has 0 aliphatic heterocycles. The standard InChI is InChI=1S/C17H12Cl2N2O2/c18-13-4-1-11(2-5-13)15-7-6-14(23-15)10-21-17(22)12-3-8-16(19)20-9-12/h1-9H,10H2,(H,21,22). The van der Waals surface area contributed by atoms with Gasteiger partial charge in [0.2, 0.25) is 0 Å². The number of rotatable bonds is 4. The number of aromatic nitrogens is 1. The van der Waals surface area contributed by atoms with E-state index in [4.69, 9.17) is 27.6 Å². The Hall–Kier alpha value is -2.30. The molecule has 2 heterocycles. The summed E-state index contributed by atoms with van der Waals surface area (Å²) >= 11 is 11.6. The van der Waals surface area contributed by atoms with E-state index in [9.17, 15) is 4.79 Å². The highest BCUT2D eigenvalue weighted by atomic mass is 35.5. The second kappa shape index (κ2) is 6.86. The molecule has 3 rings (SSSR count). The van der Waals surface area contributed by atoms with Gasteiger partial charge in [0.15, 0.2) is 0 Å². The van der Waals surface area contributed by atoms with Gasteiger partial charge in [-0.15, -0.1) is 0 Å². The molecule has 2 aromatic heterocycles. The highest BCUT2D eigenvalue weighted by Crippen LogP contribution is 2.23. The van der Waals surface area contributed by atoms with Crippen LogP contribution in [0.1, 0.15) is 16.1 Å². The van der Waals surface area contributed by atoms with Gasteiger partial charge in [-0.2, -0.15) is 0 Å². The lowest BCUT2D eigenvalue weighted by Crippen LogP contribution is -2.22. The molecule has 0 bridgehead atoms. The molecule has 1 N–H and O–H groups in total. The third-order valence-corrected chi connectivity index (χ3v) is 3.68.